The fraction of sp³-hybridized carbons (Fsp3) is 0.529. The summed E-state index contributed by atoms with van der Waals surface area (Å²) in [5, 5.41) is 12.7. The smallest absolute Gasteiger partial charge is 0.251 e. The molecule has 1 aromatic carbocycles. The van der Waals surface area contributed by atoms with Crippen molar-refractivity contribution in [1.29, 1.82) is 0 Å². The van der Waals surface area contributed by atoms with Gasteiger partial charge < -0.3 is 15.3 Å². The van der Waals surface area contributed by atoms with Crippen molar-refractivity contribution in [1.82, 2.24) is 5.32 Å². The Morgan fingerprint density at radius 2 is 2.00 bits per heavy atom. The first-order valence-corrected chi connectivity index (χ1v) is 8.02. The van der Waals surface area contributed by atoms with Crippen LogP contribution in [0.4, 0.5) is 5.69 Å². The van der Waals surface area contributed by atoms with Gasteiger partial charge in [-0.25, -0.2) is 0 Å². The summed E-state index contributed by atoms with van der Waals surface area (Å²) in [7, 11) is 0. The largest absolute Gasteiger partial charge is 0.393 e. The zero-order valence-electron chi connectivity index (χ0n) is 12.6. The molecule has 0 spiro atoms. The van der Waals surface area contributed by atoms with Crippen LogP contribution >= 0.6 is 0 Å². The summed E-state index contributed by atoms with van der Waals surface area (Å²) in [6, 6.07) is 7.15. The number of nitrogens with zero attached hydrogens (tertiary/aromatic N) is 1. The van der Waals surface area contributed by atoms with Gasteiger partial charge in [-0.2, -0.15) is 0 Å². The van der Waals surface area contributed by atoms with Crippen LogP contribution < -0.4 is 10.2 Å². The minimum Gasteiger partial charge on any atom is -0.393 e. The lowest BCUT2D eigenvalue weighted by atomic mass is 10.1. The Hall–Kier alpha value is -1.88. The van der Waals surface area contributed by atoms with E-state index in [0.29, 0.717) is 18.5 Å². The molecular formula is C17H22N2O3. The third kappa shape index (κ3) is 3.14. The molecule has 1 saturated heterocycles. The van der Waals surface area contributed by atoms with Gasteiger partial charge in [0.2, 0.25) is 5.91 Å². The molecule has 2 atom stereocenters. The predicted molar refractivity (Wildman–Crippen MR) is 83.7 cm³/mol. The number of aliphatic hydroxyl groups excluding tert-OH is 1. The maximum atomic E-state index is 12.1. The first-order chi connectivity index (χ1) is 10.6. The molecule has 2 N–H and O–H groups in total. The average Bonchev–Trinajstić information content (AvgIpc) is 3.13. The quantitative estimate of drug-likeness (QED) is 0.889. The van der Waals surface area contributed by atoms with Gasteiger partial charge in [0.05, 0.1) is 6.10 Å². The molecule has 1 aromatic rings. The van der Waals surface area contributed by atoms with Crippen LogP contribution in [-0.4, -0.2) is 36.1 Å². The van der Waals surface area contributed by atoms with E-state index in [1.54, 1.807) is 17.0 Å². The number of rotatable bonds is 4. The van der Waals surface area contributed by atoms with Crippen molar-refractivity contribution in [3.05, 3.63) is 29.8 Å². The number of anilines is 1. The number of hydrogen-bond acceptors (Lipinski definition) is 3. The second kappa shape index (κ2) is 6.48. The van der Waals surface area contributed by atoms with Gasteiger partial charge in [0.15, 0.2) is 0 Å². The molecule has 0 bridgehead atoms. The lowest BCUT2D eigenvalue weighted by Crippen LogP contribution is -2.32. The molecule has 2 unspecified atom stereocenters. The number of hydrogen-bond donors (Lipinski definition) is 2. The normalized spacial score (nSPS) is 24.8. The van der Waals surface area contributed by atoms with Crippen molar-refractivity contribution in [2.75, 3.05) is 18.0 Å². The Kier molecular flexibility index (Phi) is 4.43. The maximum absolute atomic E-state index is 12.1. The third-order valence-corrected chi connectivity index (χ3v) is 4.66. The summed E-state index contributed by atoms with van der Waals surface area (Å²) in [6.45, 7) is 1.27. The van der Waals surface area contributed by atoms with Crippen molar-refractivity contribution in [2.45, 2.75) is 38.2 Å². The molecule has 0 aromatic heterocycles. The molecule has 5 nitrogen and oxygen atoms in total. The van der Waals surface area contributed by atoms with Crippen LogP contribution in [0.25, 0.3) is 0 Å². The molecule has 0 radical (unpaired) electrons. The summed E-state index contributed by atoms with van der Waals surface area (Å²) in [5.41, 5.74) is 1.44. The Morgan fingerprint density at radius 1 is 1.23 bits per heavy atom. The summed E-state index contributed by atoms with van der Waals surface area (Å²) in [6.07, 6.45) is 4.04. The van der Waals surface area contributed by atoms with Crippen molar-refractivity contribution in [3.63, 3.8) is 0 Å². The van der Waals surface area contributed by atoms with E-state index >= 15 is 0 Å². The van der Waals surface area contributed by atoms with E-state index in [0.717, 1.165) is 37.9 Å². The van der Waals surface area contributed by atoms with Gasteiger partial charge in [0.1, 0.15) is 0 Å². The Labute approximate surface area is 130 Å². The van der Waals surface area contributed by atoms with Gasteiger partial charge in [-0.15, -0.1) is 0 Å². The molecule has 2 amide bonds. The van der Waals surface area contributed by atoms with Gasteiger partial charge >= 0.3 is 0 Å². The van der Waals surface area contributed by atoms with Gasteiger partial charge in [-0.05, 0) is 43.5 Å². The highest BCUT2D eigenvalue weighted by molar-refractivity contribution is 5.97. The molecule has 1 aliphatic heterocycles. The number of carbonyl (C=O) groups excluding carboxylic acids is 2. The molecule has 2 aliphatic rings. The molecule has 1 heterocycles. The van der Waals surface area contributed by atoms with E-state index in [4.69, 9.17) is 0 Å². The number of benzene rings is 1. The van der Waals surface area contributed by atoms with Crippen LogP contribution in [0.5, 0.6) is 0 Å². The molecular weight excluding hydrogens is 280 g/mol. The van der Waals surface area contributed by atoms with Gasteiger partial charge in [0, 0.05) is 36.7 Å². The van der Waals surface area contributed by atoms with Gasteiger partial charge in [-0.1, -0.05) is 6.42 Å². The first-order valence-electron chi connectivity index (χ1n) is 8.02. The monoisotopic (exact) mass is 302 g/mol. The fourth-order valence-electron chi connectivity index (χ4n) is 3.30. The lowest BCUT2D eigenvalue weighted by molar-refractivity contribution is -0.117. The number of aliphatic hydroxyl groups is 1. The number of carbonyl (C=O) groups is 2. The first kappa shape index (κ1) is 15.0. The summed E-state index contributed by atoms with van der Waals surface area (Å²) >= 11 is 0. The summed E-state index contributed by atoms with van der Waals surface area (Å²) < 4.78 is 0. The molecule has 118 valence electrons. The van der Waals surface area contributed by atoms with Crippen molar-refractivity contribution in [3.8, 4) is 0 Å². The van der Waals surface area contributed by atoms with E-state index in [1.807, 2.05) is 12.1 Å². The van der Waals surface area contributed by atoms with Gasteiger partial charge in [0.25, 0.3) is 5.91 Å². The van der Waals surface area contributed by atoms with E-state index < -0.39 is 0 Å². The van der Waals surface area contributed by atoms with E-state index in [9.17, 15) is 14.7 Å². The predicted octanol–water partition coefficient (Wildman–Crippen LogP) is 1.70. The fourth-order valence-corrected chi connectivity index (χ4v) is 3.30. The molecule has 5 heteroatoms. The van der Waals surface area contributed by atoms with Gasteiger partial charge in [-0.3, -0.25) is 9.59 Å². The molecule has 1 aliphatic carbocycles. The summed E-state index contributed by atoms with van der Waals surface area (Å²) in [5.74, 6) is 0.191. The van der Waals surface area contributed by atoms with E-state index in [2.05, 4.69) is 5.32 Å². The average molecular weight is 302 g/mol. The van der Waals surface area contributed by atoms with Crippen LogP contribution in [0, 0.1) is 5.92 Å². The lowest BCUT2D eigenvalue weighted by Gasteiger charge is -2.17. The molecule has 3 rings (SSSR count). The van der Waals surface area contributed by atoms with Crippen LogP contribution in [-0.2, 0) is 4.79 Å². The zero-order chi connectivity index (χ0) is 15.5. The SMILES string of the molecule is O=C(NCC1CCCC1O)c1ccc(N2CCCC2=O)cc1. The molecule has 1 saturated carbocycles. The van der Waals surface area contributed by atoms with Crippen LogP contribution in [0.15, 0.2) is 24.3 Å². The number of amides is 2. The highest BCUT2D eigenvalue weighted by Crippen LogP contribution is 2.25. The second-order valence-corrected chi connectivity index (χ2v) is 6.16. The zero-order valence-corrected chi connectivity index (χ0v) is 12.6. The van der Waals surface area contributed by atoms with E-state index in [1.165, 1.54) is 0 Å². The molecule has 2 fully saturated rings. The standard InChI is InChI=1S/C17H22N2O3/c20-15-4-1-3-13(15)11-18-17(22)12-6-8-14(9-7-12)19-10-2-5-16(19)21/h6-9,13,15,20H,1-5,10-11H2,(H,18,22). The Morgan fingerprint density at radius 3 is 2.59 bits per heavy atom. The van der Waals surface area contributed by atoms with E-state index in [-0.39, 0.29) is 23.8 Å². The highest BCUT2D eigenvalue weighted by Gasteiger charge is 2.25. The highest BCUT2D eigenvalue weighted by atomic mass is 16.3. The van der Waals surface area contributed by atoms with Crippen LogP contribution in [0.2, 0.25) is 0 Å². The minimum absolute atomic E-state index is 0.126. The summed E-state index contributed by atoms with van der Waals surface area (Å²) in [4.78, 5) is 25.6. The van der Waals surface area contributed by atoms with Crippen LogP contribution in [0.3, 0.4) is 0 Å². The maximum Gasteiger partial charge on any atom is 0.251 e. The topological polar surface area (TPSA) is 69.6 Å². The van der Waals surface area contributed by atoms with Crippen molar-refractivity contribution in [2.24, 2.45) is 5.92 Å². The third-order valence-electron chi connectivity index (χ3n) is 4.66. The van der Waals surface area contributed by atoms with Crippen molar-refractivity contribution >= 4 is 17.5 Å². The minimum atomic E-state index is -0.288. The Bertz CT molecular complexity index is 556. The second-order valence-electron chi connectivity index (χ2n) is 6.16. The van der Waals surface area contributed by atoms with Crippen LogP contribution in [0.1, 0.15) is 42.5 Å². The molecule has 22 heavy (non-hydrogen) atoms. The van der Waals surface area contributed by atoms with Crippen molar-refractivity contribution < 1.29 is 14.7 Å². The number of nitrogens with one attached hydrogen (secondary N) is 1. The Balaban J connectivity index is 1.57.